The highest BCUT2D eigenvalue weighted by molar-refractivity contribution is 7.91. The zero-order valence-electron chi connectivity index (χ0n) is 4.33. The molecular weight excluding hydrogens is 128 g/mol. The Morgan fingerprint density at radius 1 is 1.75 bits per heavy atom. The van der Waals surface area contributed by atoms with Crippen molar-refractivity contribution in [3.8, 4) is 12.3 Å². The molecule has 0 aliphatic heterocycles. The smallest absolute Gasteiger partial charge is 0.217 e. The first kappa shape index (κ1) is 7.47. The summed E-state index contributed by atoms with van der Waals surface area (Å²) in [5.74, 6) is 1.67. The van der Waals surface area contributed by atoms with Crippen LogP contribution >= 0.6 is 0 Å². The van der Waals surface area contributed by atoms with Gasteiger partial charge in [-0.15, -0.1) is 6.42 Å². The van der Waals surface area contributed by atoms with Gasteiger partial charge in [0.2, 0.25) is 5.44 Å². The van der Waals surface area contributed by atoms with Crippen LogP contribution in [0.4, 0.5) is 0 Å². The van der Waals surface area contributed by atoms with Gasteiger partial charge in [0.1, 0.15) is 0 Å². The number of hydrogen-bond donors (Lipinski definition) is 1. The van der Waals surface area contributed by atoms with Crippen LogP contribution < -0.4 is 0 Å². The highest BCUT2D eigenvalue weighted by Crippen LogP contribution is 1.89. The van der Waals surface area contributed by atoms with Crippen LogP contribution in [0.15, 0.2) is 0 Å². The second kappa shape index (κ2) is 2.16. The van der Waals surface area contributed by atoms with E-state index in [0.717, 1.165) is 6.26 Å². The monoisotopic (exact) mass is 134 g/mol. The molecule has 1 atom stereocenters. The highest BCUT2D eigenvalue weighted by Gasteiger charge is 2.11. The molecule has 8 heavy (non-hydrogen) atoms. The fourth-order valence-electron chi connectivity index (χ4n) is 0.124. The van der Waals surface area contributed by atoms with Crippen LogP contribution in [-0.2, 0) is 9.84 Å². The lowest BCUT2D eigenvalue weighted by Gasteiger charge is -1.95. The molecule has 0 aromatic heterocycles. The molecule has 0 radical (unpaired) electrons. The van der Waals surface area contributed by atoms with E-state index >= 15 is 0 Å². The number of rotatable bonds is 1. The minimum atomic E-state index is -3.43. The van der Waals surface area contributed by atoms with Gasteiger partial charge in [-0.2, -0.15) is 0 Å². The first-order valence-electron chi connectivity index (χ1n) is 1.81. The minimum Gasteiger partial charge on any atom is -0.367 e. The van der Waals surface area contributed by atoms with Gasteiger partial charge in [0, 0.05) is 6.26 Å². The molecule has 46 valence electrons. The molecule has 0 heterocycles. The lowest BCUT2D eigenvalue weighted by Crippen LogP contribution is -2.15. The molecule has 0 saturated carbocycles. The van der Waals surface area contributed by atoms with E-state index in [-0.39, 0.29) is 0 Å². The van der Waals surface area contributed by atoms with E-state index in [4.69, 9.17) is 5.11 Å². The van der Waals surface area contributed by atoms with E-state index in [1.54, 1.807) is 5.92 Å². The number of aliphatic hydroxyl groups excluding tert-OH is 1. The predicted molar refractivity (Wildman–Crippen MR) is 29.7 cm³/mol. The number of sulfone groups is 1. The number of hydrogen-bond acceptors (Lipinski definition) is 3. The SMILES string of the molecule is C#CC(O)S(C)(=O)=O. The largest absolute Gasteiger partial charge is 0.367 e. The van der Waals surface area contributed by atoms with Crippen molar-refractivity contribution in [3.63, 3.8) is 0 Å². The first-order chi connectivity index (χ1) is 3.48. The van der Waals surface area contributed by atoms with Gasteiger partial charge in [-0.05, 0) is 0 Å². The van der Waals surface area contributed by atoms with Crippen molar-refractivity contribution >= 4 is 9.84 Å². The molecule has 0 saturated heterocycles. The maximum Gasteiger partial charge on any atom is 0.217 e. The van der Waals surface area contributed by atoms with E-state index in [0.29, 0.717) is 0 Å². The average Bonchev–Trinajstić information content (AvgIpc) is 1.62. The van der Waals surface area contributed by atoms with E-state index in [2.05, 4.69) is 6.42 Å². The van der Waals surface area contributed by atoms with Crippen LogP contribution in [0.3, 0.4) is 0 Å². The minimum absolute atomic E-state index is 0.873. The molecule has 0 fully saturated rings. The van der Waals surface area contributed by atoms with Crippen molar-refractivity contribution in [3.05, 3.63) is 0 Å². The molecule has 0 aromatic carbocycles. The third kappa shape index (κ3) is 1.96. The summed E-state index contributed by atoms with van der Waals surface area (Å²) in [6.07, 6.45) is 5.45. The molecular formula is C4H6O3S. The Hall–Kier alpha value is -0.530. The maximum absolute atomic E-state index is 10.2. The summed E-state index contributed by atoms with van der Waals surface area (Å²) in [5.41, 5.74) is -1.65. The van der Waals surface area contributed by atoms with Gasteiger partial charge in [0.15, 0.2) is 9.84 Å². The Bertz CT molecular complexity index is 196. The van der Waals surface area contributed by atoms with Gasteiger partial charge in [0.25, 0.3) is 0 Å². The molecule has 0 aliphatic carbocycles. The summed E-state index contributed by atoms with van der Waals surface area (Å²) in [5, 5.41) is 8.37. The maximum atomic E-state index is 10.2. The summed E-state index contributed by atoms with van der Waals surface area (Å²) in [6, 6.07) is 0. The van der Waals surface area contributed by atoms with Gasteiger partial charge in [0.05, 0.1) is 0 Å². The summed E-state index contributed by atoms with van der Waals surface area (Å²) in [4.78, 5) is 0. The third-order valence-electron chi connectivity index (χ3n) is 0.548. The molecule has 4 heteroatoms. The Labute approximate surface area is 48.3 Å². The van der Waals surface area contributed by atoms with Crippen LogP contribution in [0, 0.1) is 12.3 Å². The molecule has 0 amide bonds. The molecule has 0 bridgehead atoms. The molecule has 0 aromatic rings. The van der Waals surface area contributed by atoms with Gasteiger partial charge >= 0.3 is 0 Å². The fraction of sp³-hybridized carbons (Fsp3) is 0.500. The Kier molecular flexibility index (Phi) is 2.02. The van der Waals surface area contributed by atoms with Gasteiger partial charge in [-0.1, -0.05) is 5.92 Å². The zero-order chi connectivity index (χ0) is 6.78. The molecule has 0 spiro atoms. The summed E-state index contributed by atoms with van der Waals surface area (Å²) < 4.78 is 20.3. The second-order valence-electron chi connectivity index (χ2n) is 1.35. The van der Waals surface area contributed by atoms with E-state index in [1.165, 1.54) is 0 Å². The first-order valence-corrected chi connectivity index (χ1v) is 3.77. The van der Waals surface area contributed by atoms with Crippen LogP contribution in [0.2, 0.25) is 0 Å². The van der Waals surface area contributed by atoms with Gasteiger partial charge in [-0.3, -0.25) is 0 Å². The molecule has 1 N–H and O–H groups in total. The van der Waals surface area contributed by atoms with Crippen molar-refractivity contribution in [1.82, 2.24) is 0 Å². The van der Waals surface area contributed by atoms with Crippen LogP contribution in [0.5, 0.6) is 0 Å². The summed E-state index contributed by atoms with van der Waals surface area (Å²) in [6.45, 7) is 0. The van der Waals surface area contributed by atoms with Crippen LogP contribution in [-0.4, -0.2) is 25.2 Å². The standard InChI is InChI=1S/C4H6O3S/c1-3-4(5)8(2,6)7/h1,4-5H,2H3. The van der Waals surface area contributed by atoms with Crippen LogP contribution in [0.25, 0.3) is 0 Å². The molecule has 3 nitrogen and oxygen atoms in total. The number of aliphatic hydroxyl groups is 1. The Morgan fingerprint density at radius 2 is 2.12 bits per heavy atom. The lowest BCUT2D eigenvalue weighted by molar-refractivity contribution is 0.303. The zero-order valence-corrected chi connectivity index (χ0v) is 5.14. The van der Waals surface area contributed by atoms with E-state index < -0.39 is 15.3 Å². The molecule has 1 unspecified atom stereocenters. The van der Waals surface area contributed by atoms with Gasteiger partial charge in [-0.25, -0.2) is 8.42 Å². The lowest BCUT2D eigenvalue weighted by atomic mass is 10.8. The van der Waals surface area contributed by atoms with Crippen molar-refractivity contribution in [2.75, 3.05) is 6.26 Å². The second-order valence-corrected chi connectivity index (χ2v) is 3.45. The van der Waals surface area contributed by atoms with Crippen molar-refractivity contribution < 1.29 is 13.5 Å². The van der Waals surface area contributed by atoms with E-state index in [9.17, 15) is 8.42 Å². The van der Waals surface area contributed by atoms with Crippen molar-refractivity contribution in [2.45, 2.75) is 5.44 Å². The Morgan fingerprint density at radius 3 is 2.12 bits per heavy atom. The summed E-state index contributed by atoms with van der Waals surface area (Å²) in [7, 11) is -3.43. The topological polar surface area (TPSA) is 54.4 Å². The third-order valence-corrected chi connectivity index (χ3v) is 1.50. The Balaban J connectivity index is 4.34. The number of terminal acetylenes is 1. The van der Waals surface area contributed by atoms with Crippen molar-refractivity contribution in [2.24, 2.45) is 0 Å². The van der Waals surface area contributed by atoms with Gasteiger partial charge < -0.3 is 5.11 Å². The van der Waals surface area contributed by atoms with E-state index in [1.807, 2.05) is 0 Å². The fourth-order valence-corrected chi connectivity index (χ4v) is 0.371. The quantitative estimate of drug-likeness (QED) is 0.467. The predicted octanol–water partition coefficient (Wildman–Crippen LogP) is -1.02. The molecule has 0 rings (SSSR count). The van der Waals surface area contributed by atoms with Crippen molar-refractivity contribution in [1.29, 1.82) is 0 Å². The summed E-state index contributed by atoms with van der Waals surface area (Å²) >= 11 is 0. The normalized spacial score (nSPS) is 14.6. The average molecular weight is 134 g/mol. The molecule has 0 aliphatic rings. The van der Waals surface area contributed by atoms with Crippen LogP contribution in [0.1, 0.15) is 0 Å². The highest BCUT2D eigenvalue weighted by atomic mass is 32.2.